The molecule has 0 amide bonds. The van der Waals surface area contributed by atoms with Gasteiger partial charge >= 0.3 is 6.36 Å². The standard InChI is InChI=1S/C17H11F3N4O2/c1-10-22-23-16(25-10)11-2-7-14-15(8-11)24(9-21-14)12-3-5-13(6-4-12)26-17(18,19)20/h2-9H,1H3. The van der Waals surface area contributed by atoms with Gasteiger partial charge < -0.3 is 9.15 Å². The van der Waals surface area contributed by atoms with E-state index >= 15 is 0 Å². The highest BCUT2D eigenvalue weighted by molar-refractivity contribution is 5.82. The number of benzene rings is 2. The molecule has 0 unspecified atom stereocenters. The lowest BCUT2D eigenvalue weighted by Gasteiger charge is -2.10. The molecule has 132 valence electrons. The molecule has 0 aliphatic heterocycles. The van der Waals surface area contributed by atoms with Crippen LogP contribution in [-0.4, -0.2) is 26.1 Å². The van der Waals surface area contributed by atoms with Crippen molar-refractivity contribution in [2.45, 2.75) is 13.3 Å². The van der Waals surface area contributed by atoms with E-state index in [0.29, 0.717) is 17.5 Å². The highest BCUT2D eigenvalue weighted by Crippen LogP contribution is 2.27. The molecule has 6 nitrogen and oxygen atoms in total. The molecular weight excluding hydrogens is 349 g/mol. The first-order valence-corrected chi connectivity index (χ1v) is 7.53. The van der Waals surface area contributed by atoms with Crippen molar-refractivity contribution in [2.75, 3.05) is 0 Å². The van der Waals surface area contributed by atoms with Crippen LogP contribution in [0, 0.1) is 6.92 Å². The van der Waals surface area contributed by atoms with Crippen LogP contribution in [0.4, 0.5) is 13.2 Å². The summed E-state index contributed by atoms with van der Waals surface area (Å²) in [5, 5.41) is 7.79. The van der Waals surface area contributed by atoms with Crippen molar-refractivity contribution in [2.24, 2.45) is 0 Å². The van der Waals surface area contributed by atoms with Crippen LogP contribution < -0.4 is 4.74 Å². The molecule has 2 aromatic carbocycles. The average Bonchev–Trinajstić information content (AvgIpc) is 3.20. The predicted molar refractivity (Wildman–Crippen MR) is 85.8 cm³/mol. The third-order valence-corrected chi connectivity index (χ3v) is 3.67. The Kier molecular flexibility index (Phi) is 3.64. The number of hydrogen-bond donors (Lipinski definition) is 0. The van der Waals surface area contributed by atoms with Gasteiger partial charge in [0.15, 0.2) is 0 Å². The van der Waals surface area contributed by atoms with Gasteiger partial charge in [0, 0.05) is 18.2 Å². The van der Waals surface area contributed by atoms with E-state index in [0.717, 1.165) is 16.6 Å². The summed E-state index contributed by atoms with van der Waals surface area (Å²) in [5.74, 6) is 0.549. The molecule has 4 rings (SSSR count). The van der Waals surface area contributed by atoms with Gasteiger partial charge in [-0.2, -0.15) is 0 Å². The van der Waals surface area contributed by atoms with Crippen LogP contribution in [-0.2, 0) is 0 Å². The minimum Gasteiger partial charge on any atom is -0.421 e. The molecule has 0 radical (unpaired) electrons. The Morgan fingerprint density at radius 1 is 1.04 bits per heavy atom. The fourth-order valence-electron chi connectivity index (χ4n) is 2.57. The van der Waals surface area contributed by atoms with Gasteiger partial charge in [-0.25, -0.2) is 4.98 Å². The van der Waals surface area contributed by atoms with Crippen molar-refractivity contribution in [3.05, 3.63) is 54.7 Å². The molecule has 0 fully saturated rings. The Balaban J connectivity index is 1.72. The molecule has 2 heterocycles. The van der Waals surface area contributed by atoms with Crippen LogP contribution >= 0.6 is 0 Å². The van der Waals surface area contributed by atoms with Gasteiger partial charge in [-0.3, -0.25) is 4.57 Å². The molecule has 2 aromatic heterocycles. The Bertz CT molecular complexity index is 1070. The van der Waals surface area contributed by atoms with Crippen molar-refractivity contribution in [3.8, 4) is 22.9 Å². The number of aryl methyl sites for hydroxylation is 1. The molecule has 0 spiro atoms. The fraction of sp³-hybridized carbons (Fsp3) is 0.118. The Morgan fingerprint density at radius 2 is 1.81 bits per heavy atom. The zero-order chi connectivity index (χ0) is 18.3. The number of aromatic nitrogens is 4. The molecule has 0 atom stereocenters. The van der Waals surface area contributed by atoms with Gasteiger partial charge in [-0.05, 0) is 42.5 Å². The third-order valence-electron chi connectivity index (χ3n) is 3.67. The van der Waals surface area contributed by atoms with E-state index in [4.69, 9.17) is 4.42 Å². The highest BCUT2D eigenvalue weighted by Gasteiger charge is 2.31. The van der Waals surface area contributed by atoms with Gasteiger partial charge in [0.25, 0.3) is 0 Å². The number of hydrogen-bond acceptors (Lipinski definition) is 5. The summed E-state index contributed by atoms with van der Waals surface area (Å²) in [5.41, 5.74) is 2.83. The van der Waals surface area contributed by atoms with Crippen molar-refractivity contribution < 1.29 is 22.3 Å². The second-order valence-corrected chi connectivity index (χ2v) is 5.49. The number of alkyl halides is 3. The SMILES string of the molecule is Cc1nnc(-c2ccc3ncn(-c4ccc(OC(F)(F)F)cc4)c3c2)o1. The number of imidazole rings is 1. The van der Waals surface area contributed by atoms with E-state index in [1.54, 1.807) is 17.8 Å². The van der Waals surface area contributed by atoms with Crippen molar-refractivity contribution >= 4 is 11.0 Å². The molecule has 0 bridgehead atoms. The maximum Gasteiger partial charge on any atom is 0.573 e. The number of halogens is 3. The van der Waals surface area contributed by atoms with E-state index < -0.39 is 6.36 Å². The van der Waals surface area contributed by atoms with E-state index in [-0.39, 0.29) is 5.75 Å². The Hall–Kier alpha value is -3.36. The van der Waals surface area contributed by atoms with Crippen LogP contribution in [0.15, 0.2) is 53.2 Å². The van der Waals surface area contributed by atoms with Crippen molar-refractivity contribution in [1.82, 2.24) is 19.7 Å². The van der Waals surface area contributed by atoms with Crippen LogP contribution in [0.5, 0.6) is 5.75 Å². The van der Waals surface area contributed by atoms with Gasteiger partial charge in [0.05, 0.1) is 11.0 Å². The second-order valence-electron chi connectivity index (χ2n) is 5.49. The van der Waals surface area contributed by atoms with Crippen LogP contribution in [0.3, 0.4) is 0 Å². The summed E-state index contributed by atoms with van der Waals surface area (Å²) in [6.07, 6.45) is -3.13. The summed E-state index contributed by atoms with van der Waals surface area (Å²) in [6.45, 7) is 1.70. The summed E-state index contributed by atoms with van der Waals surface area (Å²) in [6, 6.07) is 11.0. The van der Waals surface area contributed by atoms with E-state index in [1.807, 2.05) is 18.2 Å². The lowest BCUT2D eigenvalue weighted by molar-refractivity contribution is -0.274. The minimum absolute atomic E-state index is 0.285. The molecule has 9 heteroatoms. The molecule has 26 heavy (non-hydrogen) atoms. The van der Waals surface area contributed by atoms with Crippen molar-refractivity contribution in [3.63, 3.8) is 0 Å². The van der Waals surface area contributed by atoms with Gasteiger partial charge in [-0.15, -0.1) is 23.4 Å². The predicted octanol–water partition coefficient (Wildman–Crippen LogP) is 4.28. The maximum atomic E-state index is 12.3. The summed E-state index contributed by atoms with van der Waals surface area (Å²) < 4.78 is 47.9. The van der Waals surface area contributed by atoms with E-state index in [2.05, 4.69) is 19.9 Å². The normalized spacial score (nSPS) is 11.8. The first kappa shape index (κ1) is 16.1. The lowest BCUT2D eigenvalue weighted by atomic mass is 10.2. The first-order chi connectivity index (χ1) is 12.4. The largest absolute Gasteiger partial charge is 0.573 e. The fourth-order valence-corrected chi connectivity index (χ4v) is 2.57. The minimum atomic E-state index is -4.72. The molecular formula is C17H11F3N4O2. The zero-order valence-electron chi connectivity index (χ0n) is 13.4. The topological polar surface area (TPSA) is 66.0 Å². The first-order valence-electron chi connectivity index (χ1n) is 7.53. The smallest absolute Gasteiger partial charge is 0.421 e. The summed E-state index contributed by atoms with van der Waals surface area (Å²) in [7, 11) is 0. The van der Waals surface area contributed by atoms with E-state index in [9.17, 15) is 13.2 Å². The Labute approximate surface area is 144 Å². The quantitative estimate of drug-likeness (QED) is 0.545. The molecule has 0 saturated heterocycles. The average molecular weight is 360 g/mol. The number of nitrogens with zero attached hydrogens (tertiary/aromatic N) is 4. The third kappa shape index (κ3) is 3.10. The van der Waals surface area contributed by atoms with E-state index in [1.165, 1.54) is 24.3 Å². The molecule has 0 N–H and O–H groups in total. The number of fused-ring (bicyclic) bond motifs is 1. The van der Waals surface area contributed by atoms with Gasteiger partial charge in [-0.1, -0.05) is 0 Å². The summed E-state index contributed by atoms with van der Waals surface area (Å²) >= 11 is 0. The second kappa shape index (κ2) is 5.87. The number of ether oxygens (including phenoxy) is 1. The Morgan fingerprint density at radius 3 is 2.46 bits per heavy atom. The highest BCUT2D eigenvalue weighted by atomic mass is 19.4. The van der Waals surface area contributed by atoms with Crippen LogP contribution in [0.25, 0.3) is 28.2 Å². The molecule has 0 aliphatic rings. The van der Waals surface area contributed by atoms with Gasteiger partial charge in [0.2, 0.25) is 11.8 Å². The molecule has 0 saturated carbocycles. The molecule has 4 aromatic rings. The molecule has 0 aliphatic carbocycles. The van der Waals surface area contributed by atoms with Crippen molar-refractivity contribution in [1.29, 1.82) is 0 Å². The number of rotatable bonds is 3. The summed E-state index contributed by atoms with van der Waals surface area (Å²) in [4.78, 5) is 4.30. The monoisotopic (exact) mass is 360 g/mol. The lowest BCUT2D eigenvalue weighted by Crippen LogP contribution is -2.17. The zero-order valence-corrected chi connectivity index (χ0v) is 13.4. The van der Waals surface area contributed by atoms with Crippen LogP contribution in [0.2, 0.25) is 0 Å². The van der Waals surface area contributed by atoms with Crippen LogP contribution in [0.1, 0.15) is 5.89 Å². The maximum absolute atomic E-state index is 12.3. The van der Waals surface area contributed by atoms with Gasteiger partial charge in [0.1, 0.15) is 12.1 Å².